The van der Waals surface area contributed by atoms with Crippen molar-refractivity contribution in [3.63, 3.8) is 0 Å². The maximum Gasteiger partial charge on any atom is 0.326 e. The third kappa shape index (κ3) is 7.57. The van der Waals surface area contributed by atoms with Gasteiger partial charge in [-0.3, -0.25) is 9.36 Å². The van der Waals surface area contributed by atoms with Gasteiger partial charge in [0.2, 0.25) is 7.44 Å². The van der Waals surface area contributed by atoms with Gasteiger partial charge in [-0.2, -0.15) is 0 Å². The van der Waals surface area contributed by atoms with E-state index >= 15 is 0 Å². The molecule has 0 aliphatic rings. The van der Waals surface area contributed by atoms with Gasteiger partial charge in [0, 0.05) is 6.54 Å². The second-order valence-electron chi connectivity index (χ2n) is 9.16. The van der Waals surface area contributed by atoms with E-state index in [0.29, 0.717) is 29.8 Å². The third-order valence-electron chi connectivity index (χ3n) is 5.44. The molecule has 2 atom stereocenters. The molecule has 0 radical (unpaired) electrons. The molecular weight excluding hydrogens is 495 g/mol. The molecule has 0 spiro atoms. The summed E-state index contributed by atoms with van der Waals surface area (Å²) < 4.78 is 27.1. The third-order valence-corrected chi connectivity index (χ3v) is 7.54. The monoisotopic (exact) mass is 528 g/mol. The lowest BCUT2D eigenvalue weighted by atomic mass is 10.1. The number of esters is 1. The van der Waals surface area contributed by atoms with Gasteiger partial charge in [-0.15, -0.1) is 0 Å². The van der Waals surface area contributed by atoms with Crippen molar-refractivity contribution < 1.29 is 18.8 Å². The van der Waals surface area contributed by atoms with Crippen LogP contribution in [0.15, 0.2) is 36.9 Å². The molecule has 12 nitrogen and oxygen atoms in total. The van der Waals surface area contributed by atoms with Crippen LogP contribution in [-0.4, -0.2) is 50.1 Å². The Balaban J connectivity index is 1.72. The first-order valence-corrected chi connectivity index (χ1v) is 13.8. The van der Waals surface area contributed by atoms with E-state index < -0.39 is 19.0 Å². The van der Waals surface area contributed by atoms with Crippen molar-refractivity contribution in [1.82, 2.24) is 29.7 Å². The number of nitrogens with zero attached hydrogens (tertiary/aromatic N) is 5. The predicted octanol–water partition coefficient (Wildman–Crippen LogP) is 3.63. The van der Waals surface area contributed by atoms with Crippen molar-refractivity contribution in [1.29, 1.82) is 0 Å². The van der Waals surface area contributed by atoms with Crippen LogP contribution < -0.4 is 15.9 Å². The molecule has 4 N–H and O–H groups in total. The molecule has 3 rings (SSSR count). The van der Waals surface area contributed by atoms with Gasteiger partial charge in [-0.1, -0.05) is 31.2 Å². The molecular formula is C24H33N8O4P. The van der Waals surface area contributed by atoms with Gasteiger partial charge in [0.05, 0.1) is 32.2 Å². The Morgan fingerprint density at radius 1 is 1.27 bits per heavy atom. The molecule has 1 aromatic carbocycles. The molecule has 2 aromatic heterocycles. The number of hydrogen-bond donors (Lipinski definition) is 3. The van der Waals surface area contributed by atoms with Crippen LogP contribution in [0, 0.1) is 6.57 Å². The minimum absolute atomic E-state index is 0.192. The second-order valence-corrected chi connectivity index (χ2v) is 11.4. The molecule has 0 fully saturated rings. The maximum atomic E-state index is 14.0. The topological polar surface area (TPSA) is 151 Å². The maximum absolute atomic E-state index is 14.0. The number of ether oxygens (including phenoxy) is 2. The smallest absolute Gasteiger partial charge is 0.326 e. The number of fused-ring (bicyclic) bond motifs is 1. The number of carbonyl (C=O) groups is 1. The highest BCUT2D eigenvalue weighted by atomic mass is 31.2. The van der Waals surface area contributed by atoms with Crippen LogP contribution in [-0.2, 0) is 31.9 Å². The van der Waals surface area contributed by atoms with Gasteiger partial charge in [0.25, 0.3) is 0 Å². The van der Waals surface area contributed by atoms with Gasteiger partial charge < -0.3 is 19.8 Å². The number of nitrogens with one attached hydrogen (secondary N) is 2. The summed E-state index contributed by atoms with van der Waals surface area (Å²) in [5.41, 5.74) is 7.05. The fourth-order valence-corrected chi connectivity index (χ4v) is 5.62. The molecule has 0 amide bonds. The summed E-state index contributed by atoms with van der Waals surface area (Å²) in [6.45, 7) is 15.0. The lowest BCUT2D eigenvalue weighted by molar-refractivity contribution is -0.149. The summed E-state index contributed by atoms with van der Waals surface area (Å²) >= 11 is 0. The largest absolute Gasteiger partial charge is 0.464 e. The fourth-order valence-electron chi connectivity index (χ4n) is 3.49. The zero-order chi connectivity index (χ0) is 27.1. The first-order chi connectivity index (χ1) is 17.6. The van der Waals surface area contributed by atoms with Crippen molar-refractivity contribution in [3.05, 3.63) is 53.9 Å². The van der Waals surface area contributed by atoms with Crippen LogP contribution in [0.3, 0.4) is 0 Å². The zero-order valence-electron chi connectivity index (χ0n) is 21.5. The van der Waals surface area contributed by atoms with E-state index in [1.807, 2.05) is 13.8 Å². The fraction of sp³-hybridized carbons (Fsp3) is 0.458. The van der Waals surface area contributed by atoms with Crippen molar-refractivity contribution in [2.75, 3.05) is 18.7 Å². The van der Waals surface area contributed by atoms with E-state index in [9.17, 15) is 9.36 Å². The van der Waals surface area contributed by atoms with E-state index in [0.717, 1.165) is 5.56 Å². The number of aromatic nitrogens is 4. The number of hydrogen-bond acceptors (Lipinski definition) is 8. The molecule has 13 heteroatoms. The average Bonchev–Trinajstić information content (AvgIpc) is 3.29. The summed E-state index contributed by atoms with van der Waals surface area (Å²) in [6.07, 6.45) is 3.08. The average molecular weight is 529 g/mol. The molecule has 0 aliphatic heterocycles. The van der Waals surface area contributed by atoms with Gasteiger partial charge >= 0.3 is 5.97 Å². The van der Waals surface area contributed by atoms with Crippen molar-refractivity contribution in [3.8, 4) is 0 Å². The molecule has 0 saturated heterocycles. The summed E-state index contributed by atoms with van der Waals surface area (Å²) in [5, 5.41) is 6.01. The van der Waals surface area contributed by atoms with Crippen LogP contribution in [0.5, 0.6) is 0 Å². The van der Waals surface area contributed by atoms with E-state index in [-0.39, 0.29) is 31.4 Å². The van der Waals surface area contributed by atoms with Crippen LogP contribution in [0.25, 0.3) is 16.0 Å². The van der Waals surface area contributed by atoms with Gasteiger partial charge in [0.15, 0.2) is 17.2 Å². The standard InChI is InChI=1S/C24H33N8O4P/c1-6-11-35-23(33)24(3,4)31-37(34,30-12-18-7-9-19(26-5)10-8-18)16-36-17(2)13-32-15-29-20-21(25)27-14-28-22(20)32/h7-10,14-15,17H,6,11-13,16H2,1-4H3,(H2,25,27,28)(H2,30,31,34)/t17-,37+/m1/s1. The highest BCUT2D eigenvalue weighted by molar-refractivity contribution is 7.59. The van der Waals surface area contributed by atoms with E-state index in [1.54, 1.807) is 49.0 Å². The van der Waals surface area contributed by atoms with Gasteiger partial charge in [-0.05, 0) is 32.8 Å². The van der Waals surface area contributed by atoms with E-state index in [1.165, 1.54) is 6.33 Å². The normalized spacial score (nSPS) is 14.1. The Morgan fingerprint density at radius 3 is 2.68 bits per heavy atom. The Bertz CT molecular complexity index is 1300. The number of carbonyl (C=O) groups excluding carboxylic acids is 1. The minimum Gasteiger partial charge on any atom is -0.464 e. The lowest BCUT2D eigenvalue weighted by Crippen LogP contribution is -2.48. The number of rotatable bonds is 13. The Labute approximate surface area is 216 Å². The molecule has 0 unspecified atom stereocenters. The zero-order valence-corrected chi connectivity index (χ0v) is 22.4. The summed E-state index contributed by atoms with van der Waals surface area (Å²) in [4.78, 5) is 28.4. The first-order valence-electron chi connectivity index (χ1n) is 11.9. The molecule has 37 heavy (non-hydrogen) atoms. The van der Waals surface area contributed by atoms with E-state index in [2.05, 4.69) is 30.0 Å². The predicted molar refractivity (Wildman–Crippen MR) is 141 cm³/mol. The highest BCUT2D eigenvalue weighted by Crippen LogP contribution is 2.40. The SMILES string of the molecule is [C-]#[N+]c1ccc(CN[P@@](=O)(CO[C@H](C)Cn2cnc3c(N)ncnc32)NC(C)(C)C(=O)OCCC)cc1. The number of imidazole rings is 1. The molecule has 3 aromatic rings. The summed E-state index contributed by atoms with van der Waals surface area (Å²) in [6, 6.07) is 6.95. The van der Waals surface area contributed by atoms with Gasteiger partial charge in [0.1, 0.15) is 23.7 Å². The molecule has 198 valence electrons. The number of nitrogens with two attached hydrogens (primary N) is 1. The Kier molecular flexibility index (Phi) is 9.34. The number of benzene rings is 1. The van der Waals surface area contributed by atoms with Crippen LogP contribution in [0.2, 0.25) is 0 Å². The first kappa shape index (κ1) is 28.2. The minimum atomic E-state index is -3.46. The lowest BCUT2D eigenvalue weighted by Gasteiger charge is -2.31. The van der Waals surface area contributed by atoms with Crippen molar-refractivity contribution >= 4 is 36.1 Å². The molecule has 0 saturated carbocycles. The molecule has 0 bridgehead atoms. The number of anilines is 1. The Hall–Kier alpha value is -3.36. The van der Waals surface area contributed by atoms with Crippen molar-refractivity contribution in [2.24, 2.45) is 0 Å². The van der Waals surface area contributed by atoms with E-state index in [4.69, 9.17) is 21.8 Å². The molecule has 0 aliphatic carbocycles. The van der Waals surface area contributed by atoms with Gasteiger partial charge in [-0.25, -0.2) is 30.0 Å². The summed E-state index contributed by atoms with van der Waals surface area (Å²) in [5.74, 6) is -0.218. The quantitative estimate of drug-likeness (QED) is 0.170. The Morgan fingerprint density at radius 2 is 2.00 bits per heavy atom. The highest BCUT2D eigenvalue weighted by Gasteiger charge is 2.37. The van der Waals surface area contributed by atoms with Crippen LogP contribution >= 0.6 is 7.44 Å². The molecule has 2 heterocycles. The second kappa shape index (κ2) is 12.3. The van der Waals surface area contributed by atoms with Crippen LogP contribution in [0.4, 0.5) is 11.5 Å². The summed E-state index contributed by atoms with van der Waals surface area (Å²) in [7, 11) is -3.46. The number of nitrogen functional groups attached to an aromatic ring is 1. The van der Waals surface area contributed by atoms with Crippen molar-refractivity contribution in [2.45, 2.75) is 58.8 Å². The van der Waals surface area contributed by atoms with Crippen LogP contribution in [0.1, 0.15) is 39.7 Å².